The molecule has 0 bridgehead atoms. The van der Waals surface area contributed by atoms with Gasteiger partial charge in [-0.05, 0) is 6.08 Å². The normalized spacial score (nSPS) is 22.6. The Kier molecular flexibility index (Phi) is 3.72. The molecule has 0 fully saturated rings. The van der Waals surface area contributed by atoms with Crippen molar-refractivity contribution in [1.82, 2.24) is 0 Å². The Morgan fingerprint density at radius 2 is 2.00 bits per heavy atom. The minimum atomic E-state index is -4.74. The van der Waals surface area contributed by atoms with Gasteiger partial charge in [-0.25, -0.2) is 0 Å². The van der Waals surface area contributed by atoms with Crippen LogP contribution in [0.2, 0.25) is 0 Å². The van der Waals surface area contributed by atoms with E-state index < -0.39 is 12.3 Å². The Morgan fingerprint density at radius 3 is 2.50 bits per heavy atom. The van der Waals surface area contributed by atoms with Crippen LogP contribution in [-0.2, 0) is 9.47 Å². The highest BCUT2D eigenvalue weighted by atomic mass is 19.4. The molecular formula is C10H13F3O3. The number of aliphatic hydroxyl groups excluding tert-OH is 1. The van der Waals surface area contributed by atoms with E-state index in [9.17, 15) is 18.3 Å². The van der Waals surface area contributed by atoms with Crippen LogP contribution < -0.4 is 0 Å². The Bertz CT molecular complexity index is 318. The predicted octanol–water partition coefficient (Wildman–Crippen LogP) is 3.25. The molecule has 6 heteroatoms. The fraction of sp³-hybridized carbons (Fsp3) is 0.600. The van der Waals surface area contributed by atoms with E-state index in [0.717, 1.165) is 0 Å². The molecule has 0 aromatic carbocycles. The van der Waals surface area contributed by atoms with Crippen molar-refractivity contribution in [1.29, 1.82) is 0 Å². The number of hydrogen-bond donors (Lipinski definition) is 1. The molecule has 0 heterocycles. The Labute approximate surface area is 91.2 Å². The van der Waals surface area contributed by atoms with Gasteiger partial charge in [0.25, 0.3) is 0 Å². The van der Waals surface area contributed by atoms with Crippen molar-refractivity contribution in [2.75, 3.05) is 7.11 Å². The number of aliphatic hydroxyl groups is 1. The molecule has 1 N–H and O–H groups in total. The lowest BCUT2D eigenvalue weighted by atomic mass is 10.1. The lowest BCUT2D eigenvalue weighted by Crippen LogP contribution is -2.16. The predicted molar refractivity (Wildman–Crippen MR) is 50.3 cm³/mol. The molecule has 0 saturated heterocycles. The lowest BCUT2D eigenvalue weighted by Gasteiger charge is -2.16. The molecule has 1 aliphatic rings. The third-order valence-electron chi connectivity index (χ3n) is 2.29. The fourth-order valence-corrected chi connectivity index (χ4v) is 1.44. The number of halogens is 3. The summed E-state index contributed by atoms with van der Waals surface area (Å²) in [6.45, 7) is 1.62. The highest BCUT2D eigenvalue weighted by Crippen LogP contribution is 2.32. The first kappa shape index (κ1) is 12.7. The quantitative estimate of drug-likeness (QED) is 0.802. The lowest BCUT2D eigenvalue weighted by molar-refractivity contribution is -0.308. The Balaban J connectivity index is 2.90. The van der Waals surface area contributed by atoms with Crippen molar-refractivity contribution in [3.8, 4) is 0 Å². The molecule has 16 heavy (non-hydrogen) atoms. The zero-order valence-electron chi connectivity index (χ0n) is 8.97. The summed E-state index contributed by atoms with van der Waals surface area (Å²) in [6.07, 6.45) is -3.25. The molecule has 1 aliphatic carbocycles. The van der Waals surface area contributed by atoms with Crippen molar-refractivity contribution in [2.24, 2.45) is 5.92 Å². The summed E-state index contributed by atoms with van der Waals surface area (Å²) in [5.74, 6) is -0.545. The van der Waals surface area contributed by atoms with Crippen molar-refractivity contribution >= 4 is 0 Å². The van der Waals surface area contributed by atoms with Crippen LogP contribution in [0.5, 0.6) is 0 Å². The molecule has 0 saturated carbocycles. The van der Waals surface area contributed by atoms with Crippen LogP contribution in [0.4, 0.5) is 13.2 Å². The molecule has 0 spiro atoms. The smallest absolute Gasteiger partial charge is 0.512 e. The highest BCUT2D eigenvalue weighted by molar-refractivity contribution is 5.15. The van der Waals surface area contributed by atoms with Crippen molar-refractivity contribution in [3.05, 3.63) is 23.4 Å². The third kappa shape index (κ3) is 3.36. The van der Waals surface area contributed by atoms with Crippen LogP contribution in [-0.4, -0.2) is 18.6 Å². The van der Waals surface area contributed by atoms with Gasteiger partial charge in [0, 0.05) is 18.8 Å². The molecule has 0 amide bonds. The topological polar surface area (TPSA) is 38.7 Å². The molecule has 3 nitrogen and oxygen atoms in total. The van der Waals surface area contributed by atoms with E-state index >= 15 is 0 Å². The van der Waals surface area contributed by atoms with Gasteiger partial charge in [0.15, 0.2) is 0 Å². The Morgan fingerprint density at radius 1 is 1.38 bits per heavy atom. The summed E-state index contributed by atoms with van der Waals surface area (Å²) in [7, 11) is 1.27. The van der Waals surface area contributed by atoms with E-state index in [1.54, 1.807) is 6.92 Å². The van der Waals surface area contributed by atoms with Gasteiger partial charge in [-0.1, -0.05) is 6.92 Å². The second-order valence-electron chi connectivity index (χ2n) is 3.54. The van der Waals surface area contributed by atoms with Gasteiger partial charge in [-0.2, -0.15) is 0 Å². The number of ether oxygens (including phenoxy) is 2. The van der Waals surface area contributed by atoms with Crippen LogP contribution in [0.3, 0.4) is 0 Å². The summed E-state index contributed by atoms with van der Waals surface area (Å²) >= 11 is 0. The van der Waals surface area contributed by atoms with Crippen molar-refractivity contribution in [3.63, 3.8) is 0 Å². The first-order chi connectivity index (χ1) is 7.33. The molecule has 1 rings (SSSR count). The standard InChI is InChI=1S/C10H13F3O3/c1-6-5-9(16-10(11,12)13)8(15-2)4-3-7(6)14/h3,6,14H,4-5H2,1-2H3/t6-/m0/s1. The maximum Gasteiger partial charge on any atom is 0.572 e. The second-order valence-corrected chi connectivity index (χ2v) is 3.54. The number of hydrogen-bond acceptors (Lipinski definition) is 3. The molecule has 0 aliphatic heterocycles. The monoisotopic (exact) mass is 238 g/mol. The second kappa shape index (κ2) is 4.67. The van der Waals surface area contributed by atoms with Crippen LogP contribution in [0.25, 0.3) is 0 Å². The van der Waals surface area contributed by atoms with Crippen molar-refractivity contribution < 1.29 is 27.8 Å². The average molecular weight is 238 g/mol. The molecule has 0 aromatic rings. The molecule has 0 aromatic heterocycles. The minimum absolute atomic E-state index is 0.0367. The van der Waals surface area contributed by atoms with E-state index in [1.165, 1.54) is 13.2 Å². The first-order valence-electron chi connectivity index (χ1n) is 4.74. The van der Waals surface area contributed by atoms with Gasteiger partial charge in [-0.3, -0.25) is 0 Å². The number of methoxy groups -OCH3 is 1. The summed E-state index contributed by atoms with van der Waals surface area (Å²) in [5, 5.41) is 9.43. The zero-order valence-corrected chi connectivity index (χ0v) is 8.97. The van der Waals surface area contributed by atoms with E-state index in [2.05, 4.69) is 4.74 Å². The van der Waals surface area contributed by atoms with Gasteiger partial charge in [-0.15, -0.1) is 13.2 Å². The fourth-order valence-electron chi connectivity index (χ4n) is 1.44. The average Bonchev–Trinajstić information content (AvgIpc) is 2.26. The summed E-state index contributed by atoms with van der Waals surface area (Å²) in [5.41, 5.74) is 0. The van der Waals surface area contributed by atoms with Crippen LogP contribution in [0, 0.1) is 5.92 Å². The molecule has 0 unspecified atom stereocenters. The van der Waals surface area contributed by atoms with Crippen LogP contribution in [0.1, 0.15) is 19.8 Å². The number of rotatable bonds is 2. The largest absolute Gasteiger partial charge is 0.572 e. The van der Waals surface area contributed by atoms with E-state index in [0.29, 0.717) is 0 Å². The minimum Gasteiger partial charge on any atom is -0.512 e. The zero-order chi connectivity index (χ0) is 12.3. The Hall–Kier alpha value is -1.33. The summed E-state index contributed by atoms with van der Waals surface area (Å²) in [6, 6.07) is 0. The van der Waals surface area contributed by atoms with Gasteiger partial charge in [0.2, 0.25) is 0 Å². The van der Waals surface area contributed by atoms with E-state index in [4.69, 9.17) is 4.74 Å². The molecule has 92 valence electrons. The molecule has 1 atom stereocenters. The first-order valence-corrected chi connectivity index (χ1v) is 4.74. The van der Waals surface area contributed by atoms with Gasteiger partial charge in [0.05, 0.1) is 12.9 Å². The maximum absolute atomic E-state index is 12.1. The van der Waals surface area contributed by atoms with Crippen LogP contribution in [0.15, 0.2) is 23.4 Å². The van der Waals surface area contributed by atoms with Gasteiger partial charge in [0.1, 0.15) is 11.5 Å². The number of alkyl halides is 3. The van der Waals surface area contributed by atoms with E-state index in [1.807, 2.05) is 0 Å². The summed E-state index contributed by atoms with van der Waals surface area (Å²) < 4.78 is 45.1. The summed E-state index contributed by atoms with van der Waals surface area (Å²) in [4.78, 5) is 0. The molecular weight excluding hydrogens is 225 g/mol. The van der Waals surface area contributed by atoms with Crippen molar-refractivity contribution in [2.45, 2.75) is 26.1 Å². The maximum atomic E-state index is 12.1. The third-order valence-corrected chi connectivity index (χ3v) is 2.29. The SMILES string of the molecule is COC1=C(OC(F)(F)F)C[C@H](C)C(O)=CC1. The molecule has 0 radical (unpaired) electrons. The van der Waals surface area contributed by atoms with E-state index in [-0.39, 0.29) is 30.1 Å². The highest BCUT2D eigenvalue weighted by Gasteiger charge is 2.34. The van der Waals surface area contributed by atoms with Gasteiger partial charge < -0.3 is 14.6 Å². The van der Waals surface area contributed by atoms with Gasteiger partial charge >= 0.3 is 6.36 Å². The number of allylic oxidation sites excluding steroid dienone is 3. The van der Waals surface area contributed by atoms with Crippen LogP contribution >= 0.6 is 0 Å².